The smallest absolute Gasteiger partial charge is 0.240 e. The van der Waals surface area contributed by atoms with Crippen molar-refractivity contribution in [2.24, 2.45) is 0 Å². The highest BCUT2D eigenvalue weighted by Gasteiger charge is 2.36. The van der Waals surface area contributed by atoms with Crippen LogP contribution in [0.2, 0.25) is 0 Å². The first-order chi connectivity index (χ1) is 12.2. The normalized spacial score (nSPS) is 32.3. The van der Waals surface area contributed by atoms with E-state index in [4.69, 9.17) is 4.74 Å². The number of aromatic nitrogens is 2. The highest BCUT2D eigenvalue weighted by molar-refractivity contribution is 5.83. The summed E-state index contributed by atoms with van der Waals surface area (Å²) in [5, 5.41) is 3.11. The summed E-state index contributed by atoms with van der Waals surface area (Å²) in [5.41, 5.74) is 9.78. The number of ether oxygens (including phenoxy) is 1. The van der Waals surface area contributed by atoms with E-state index < -0.39 is 0 Å². The Morgan fingerprint density at radius 2 is 2.08 bits per heavy atom. The third kappa shape index (κ3) is 3.59. The Morgan fingerprint density at radius 3 is 2.80 bits per heavy atom. The molecule has 4 rings (SSSR count). The third-order valence-electron chi connectivity index (χ3n) is 5.22. The number of nitrogens with zero attached hydrogens (tertiary/aromatic N) is 3. The molecule has 25 heavy (non-hydrogen) atoms. The van der Waals surface area contributed by atoms with E-state index in [2.05, 4.69) is 42.6 Å². The molecule has 2 unspecified atom stereocenters. The van der Waals surface area contributed by atoms with Crippen molar-refractivity contribution in [1.29, 1.82) is 0 Å². The van der Waals surface area contributed by atoms with Gasteiger partial charge in [-0.25, -0.2) is 20.8 Å². The molecule has 3 fully saturated rings. The van der Waals surface area contributed by atoms with Crippen LogP contribution in [-0.4, -0.2) is 60.3 Å². The summed E-state index contributed by atoms with van der Waals surface area (Å²) in [4.78, 5) is 23.3. The minimum atomic E-state index is -0.244. The van der Waals surface area contributed by atoms with E-state index in [1.54, 1.807) is 6.33 Å². The predicted molar refractivity (Wildman–Crippen MR) is 91.6 cm³/mol. The summed E-state index contributed by atoms with van der Waals surface area (Å²) in [6.07, 6.45) is 3.49. The Kier molecular flexibility index (Phi) is 4.80. The fourth-order valence-corrected chi connectivity index (χ4v) is 3.55. The van der Waals surface area contributed by atoms with Crippen LogP contribution in [-0.2, 0) is 9.53 Å². The van der Waals surface area contributed by atoms with Gasteiger partial charge < -0.3 is 15.0 Å². The van der Waals surface area contributed by atoms with Gasteiger partial charge in [-0.15, -0.1) is 0 Å². The van der Waals surface area contributed by atoms with Crippen LogP contribution in [0, 0.1) is 0 Å². The lowest BCUT2D eigenvalue weighted by atomic mass is 9.78. The quantitative estimate of drug-likeness (QED) is 0.553. The van der Waals surface area contributed by atoms with Gasteiger partial charge in [0.05, 0.1) is 13.2 Å². The van der Waals surface area contributed by atoms with Crippen LogP contribution in [0.3, 0.4) is 0 Å². The third-order valence-corrected chi connectivity index (χ3v) is 5.22. The Bertz CT molecular complexity index is 616. The fraction of sp³-hybridized carbons (Fsp3) is 0.688. The van der Waals surface area contributed by atoms with Crippen molar-refractivity contribution < 1.29 is 9.53 Å². The molecule has 9 nitrogen and oxygen atoms in total. The maximum Gasteiger partial charge on any atom is 0.240 e. The zero-order valence-electron chi connectivity index (χ0n) is 14.4. The van der Waals surface area contributed by atoms with Gasteiger partial charge in [-0.3, -0.25) is 4.79 Å². The highest BCUT2D eigenvalue weighted by atomic mass is 16.5. The van der Waals surface area contributed by atoms with E-state index in [1.807, 2.05) is 6.92 Å². The van der Waals surface area contributed by atoms with Gasteiger partial charge in [0.15, 0.2) is 0 Å². The van der Waals surface area contributed by atoms with E-state index in [-0.39, 0.29) is 24.0 Å². The molecule has 0 bridgehead atoms. The maximum atomic E-state index is 12.3. The second-order valence-electron chi connectivity index (χ2n) is 6.95. The van der Waals surface area contributed by atoms with E-state index >= 15 is 0 Å². The van der Waals surface area contributed by atoms with Crippen LogP contribution in [0.1, 0.15) is 31.4 Å². The van der Waals surface area contributed by atoms with E-state index in [0.717, 1.165) is 50.7 Å². The van der Waals surface area contributed by atoms with Crippen LogP contribution in [0.25, 0.3) is 0 Å². The number of nitrogens with one attached hydrogen (secondary N) is 4. The summed E-state index contributed by atoms with van der Waals surface area (Å²) in [5.74, 6) is 1.39. The summed E-state index contributed by atoms with van der Waals surface area (Å²) >= 11 is 0. The zero-order valence-corrected chi connectivity index (χ0v) is 14.4. The van der Waals surface area contributed by atoms with Crippen molar-refractivity contribution in [3.05, 3.63) is 18.1 Å². The van der Waals surface area contributed by atoms with Crippen LogP contribution in [0.4, 0.5) is 5.82 Å². The van der Waals surface area contributed by atoms with Crippen molar-refractivity contribution in [3.8, 4) is 0 Å². The zero-order chi connectivity index (χ0) is 17.2. The lowest BCUT2D eigenvalue weighted by molar-refractivity contribution is -0.124. The topological polar surface area (TPSA) is 103 Å². The van der Waals surface area contributed by atoms with Gasteiger partial charge >= 0.3 is 0 Å². The molecule has 1 aliphatic carbocycles. The van der Waals surface area contributed by atoms with Gasteiger partial charge in [0.2, 0.25) is 5.91 Å². The number of hydrogen-bond acceptors (Lipinski definition) is 8. The molecule has 1 aromatic rings. The molecule has 1 saturated carbocycles. The largest absolute Gasteiger partial charge is 0.378 e. The molecule has 3 aliphatic rings. The van der Waals surface area contributed by atoms with Gasteiger partial charge in [0, 0.05) is 42.9 Å². The fourth-order valence-electron chi connectivity index (χ4n) is 3.55. The van der Waals surface area contributed by atoms with Gasteiger partial charge in [0.1, 0.15) is 18.2 Å². The van der Waals surface area contributed by atoms with Gasteiger partial charge in [0.25, 0.3) is 0 Å². The number of anilines is 1. The number of carbonyl (C=O) groups is 1. The molecule has 136 valence electrons. The molecule has 2 saturated heterocycles. The molecule has 2 aliphatic heterocycles. The van der Waals surface area contributed by atoms with E-state index in [9.17, 15) is 4.79 Å². The Labute approximate surface area is 146 Å². The SMILES string of the molecule is CC1NNNC1C(=O)NC1CC(c2cc(N3CCOCC3)ncn2)C1. The molecule has 1 aromatic heterocycles. The molecule has 3 heterocycles. The van der Waals surface area contributed by atoms with Crippen LogP contribution >= 0.6 is 0 Å². The average Bonchev–Trinajstić information content (AvgIpc) is 3.04. The van der Waals surface area contributed by atoms with Gasteiger partial charge in [-0.1, -0.05) is 0 Å². The van der Waals surface area contributed by atoms with Crippen molar-refractivity contribution in [2.75, 3.05) is 31.2 Å². The summed E-state index contributed by atoms with van der Waals surface area (Å²) in [6, 6.07) is 2.12. The molecule has 0 spiro atoms. The van der Waals surface area contributed by atoms with Crippen molar-refractivity contribution in [3.63, 3.8) is 0 Å². The van der Waals surface area contributed by atoms with Crippen molar-refractivity contribution in [1.82, 2.24) is 31.7 Å². The van der Waals surface area contributed by atoms with Crippen LogP contribution < -0.4 is 26.6 Å². The second-order valence-corrected chi connectivity index (χ2v) is 6.95. The number of morpholine rings is 1. The maximum absolute atomic E-state index is 12.3. The molecule has 2 atom stereocenters. The number of rotatable bonds is 4. The standard InChI is InChI=1S/C16H25N7O2/c1-10-15(21-22-20-10)16(24)19-12-6-11(7-12)13-8-14(18-9-17-13)23-2-4-25-5-3-23/h8-12,15,20-22H,2-7H2,1H3,(H,19,24). The lowest BCUT2D eigenvalue weighted by Gasteiger charge is -2.36. The van der Waals surface area contributed by atoms with E-state index in [1.165, 1.54) is 0 Å². The Balaban J connectivity index is 1.30. The molecular weight excluding hydrogens is 322 g/mol. The molecule has 0 radical (unpaired) electrons. The summed E-state index contributed by atoms with van der Waals surface area (Å²) in [7, 11) is 0. The number of amides is 1. The van der Waals surface area contributed by atoms with Gasteiger partial charge in [-0.2, -0.15) is 5.53 Å². The van der Waals surface area contributed by atoms with Crippen LogP contribution in [0.5, 0.6) is 0 Å². The minimum absolute atomic E-state index is 0.0325. The number of hydrazine groups is 2. The molecule has 4 N–H and O–H groups in total. The first-order valence-electron chi connectivity index (χ1n) is 8.92. The monoisotopic (exact) mass is 347 g/mol. The lowest BCUT2D eigenvalue weighted by Crippen LogP contribution is -2.52. The van der Waals surface area contributed by atoms with E-state index in [0.29, 0.717) is 5.92 Å². The first kappa shape index (κ1) is 16.6. The number of carbonyl (C=O) groups excluding carboxylic acids is 1. The molecule has 9 heteroatoms. The van der Waals surface area contributed by atoms with Crippen molar-refractivity contribution in [2.45, 2.75) is 43.8 Å². The highest BCUT2D eigenvalue weighted by Crippen LogP contribution is 2.36. The predicted octanol–water partition coefficient (Wildman–Crippen LogP) is -0.955. The van der Waals surface area contributed by atoms with Crippen molar-refractivity contribution >= 4 is 11.7 Å². The average molecular weight is 347 g/mol. The Hall–Kier alpha value is -1.81. The summed E-state index contributed by atoms with van der Waals surface area (Å²) < 4.78 is 5.39. The first-order valence-corrected chi connectivity index (χ1v) is 8.92. The summed E-state index contributed by atoms with van der Waals surface area (Å²) in [6.45, 7) is 5.19. The second kappa shape index (κ2) is 7.20. The minimum Gasteiger partial charge on any atom is -0.378 e. The van der Waals surface area contributed by atoms with Gasteiger partial charge in [-0.05, 0) is 19.8 Å². The number of hydrogen-bond donors (Lipinski definition) is 4. The molecule has 1 amide bonds. The Morgan fingerprint density at radius 1 is 1.28 bits per heavy atom. The molecule has 0 aromatic carbocycles. The molecular formula is C16H25N7O2. The van der Waals surface area contributed by atoms with Crippen LogP contribution in [0.15, 0.2) is 12.4 Å².